The first kappa shape index (κ1) is 30.8. The molecule has 0 unspecified atom stereocenters. The third-order valence-electron chi connectivity index (χ3n) is 4.85. The van der Waals surface area contributed by atoms with Gasteiger partial charge in [0.05, 0.1) is 6.04 Å². The van der Waals surface area contributed by atoms with E-state index in [4.69, 9.17) is 15.9 Å². The van der Waals surface area contributed by atoms with Gasteiger partial charge >= 0.3 is 17.9 Å². The Hall–Kier alpha value is -3.22. The van der Waals surface area contributed by atoms with Gasteiger partial charge < -0.3 is 37.0 Å². The van der Waals surface area contributed by atoms with Crippen LogP contribution < -0.4 is 21.7 Å². The summed E-state index contributed by atoms with van der Waals surface area (Å²) in [6, 6.07) is -4.93. The summed E-state index contributed by atoms with van der Waals surface area (Å²) in [6.07, 6.45) is -1.21. The molecule has 0 saturated carbocycles. The van der Waals surface area contributed by atoms with Crippen molar-refractivity contribution >= 4 is 35.6 Å². The second-order valence-electron chi connectivity index (χ2n) is 8.79. The molecule has 13 nitrogen and oxygen atoms in total. The van der Waals surface area contributed by atoms with Crippen molar-refractivity contribution in [3.63, 3.8) is 0 Å². The smallest absolute Gasteiger partial charge is 0.326 e. The average molecular weight is 489 g/mol. The van der Waals surface area contributed by atoms with Crippen LogP contribution in [0, 0.1) is 11.8 Å². The molecule has 194 valence electrons. The van der Waals surface area contributed by atoms with Crippen LogP contribution in [-0.2, 0) is 28.8 Å². The van der Waals surface area contributed by atoms with Crippen LogP contribution in [-0.4, -0.2) is 75.1 Å². The van der Waals surface area contributed by atoms with Crippen molar-refractivity contribution in [2.45, 2.75) is 84.0 Å². The van der Waals surface area contributed by atoms with Gasteiger partial charge in [0.25, 0.3) is 0 Å². The minimum absolute atomic E-state index is 0.101. The maximum atomic E-state index is 12.9. The van der Waals surface area contributed by atoms with E-state index >= 15 is 0 Å². The zero-order valence-electron chi connectivity index (χ0n) is 19.9. The fourth-order valence-corrected chi connectivity index (χ4v) is 3.01. The quantitative estimate of drug-likeness (QED) is 0.144. The Morgan fingerprint density at radius 3 is 1.59 bits per heavy atom. The van der Waals surface area contributed by atoms with Gasteiger partial charge in [0.15, 0.2) is 0 Å². The number of rotatable bonds is 16. The summed E-state index contributed by atoms with van der Waals surface area (Å²) in [5.41, 5.74) is 5.83. The predicted octanol–water partition coefficient (Wildman–Crippen LogP) is -0.716. The zero-order valence-corrected chi connectivity index (χ0v) is 19.9. The zero-order chi connectivity index (χ0) is 26.6. The van der Waals surface area contributed by atoms with Gasteiger partial charge in [0, 0.05) is 12.8 Å². The molecule has 8 N–H and O–H groups in total. The van der Waals surface area contributed by atoms with Crippen LogP contribution in [0.1, 0.15) is 59.8 Å². The van der Waals surface area contributed by atoms with Crippen molar-refractivity contribution in [2.24, 2.45) is 17.6 Å². The SMILES string of the molecule is CC(C)C[C@H](N)C(=O)N[C@@H](CCC(=O)O)C(=O)N[C@H](C(=O)N[C@@H](CCC(=O)O)C(=O)O)C(C)C. The Labute approximate surface area is 197 Å². The average Bonchev–Trinajstić information content (AvgIpc) is 2.70. The monoisotopic (exact) mass is 488 g/mol. The van der Waals surface area contributed by atoms with Crippen molar-refractivity contribution in [2.75, 3.05) is 0 Å². The molecule has 0 radical (unpaired) electrons. The Morgan fingerprint density at radius 2 is 1.18 bits per heavy atom. The summed E-state index contributed by atoms with van der Waals surface area (Å²) < 4.78 is 0. The molecule has 0 aromatic rings. The summed E-state index contributed by atoms with van der Waals surface area (Å²) in [7, 11) is 0. The normalized spacial score (nSPS) is 14.6. The first-order valence-electron chi connectivity index (χ1n) is 11.0. The Bertz CT molecular complexity index is 755. The lowest BCUT2D eigenvalue weighted by molar-refractivity contribution is -0.143. The van der Waals surface area contributed by atoms with Crippen LogP contribution >= 0.6 is 0 Å². The van der Waals surface area contributed by atoms with Gasteiger partial charge in [-0.3, -0.25) is 24.0 Å². The van der Waals surface area contributed by atoms with Crippen molar-refractivity contribution in [1.82, 2.24) is 16.0 Å². The van der Waals surface area contributed by atoms with E-state index in [1.807, 2.05) is 13.8 Å². The Morgan fingerprint density at radius 1 is 0.706 bits per heavy atom. The van der Waals surface area contributed by atoms with Crippen molar-refractivity contribution in [3.05, 3.63) is 0 Å². The van der Waals surface area contributed by atoms with E-state index in [9.17, 15) is 33.9 Å². The highest BCUT2D eigenvalue weighted by atomic mass is 16.4. The van der Waals surface area contributed by atoms with Gasteiger partial charge in [-0.15, -0.1) is 0 Å². The van der Waals surface area contributed by atoms with E-state index in [-0.39, 0.29) is 18.8 Å². The number of nitrogens with two attached hydrogens (primary N) is 1. The van der Waals surface area contributed by atoms with Crippen LogP contribution in [0.15, 0.2) is 0 Å². The number of amides is 3. The fraction of sp³-hybridized carbons (Fsp3) is 0.714. The molecule has 0 aliphatic rings. The van der Waals surface area contributed by atoms with Crippen LogP contribution in [0.3, 0.4) is 0 Å². The Kier molecular flexibility index (Phi) is 13.4. The third kappa shape index (κ3) is 12.1. The lowest BCUT2D eigenvalue weighted by Crippen LogP contribution is -2.58. The molecule has 0 aliphatic carbocycles. The summed E-state index contributed by atoms with van der Waals surface area (Å²) >= 11 is 0. The standard InChI is InChI=1S/C21H36N4O9/c1-10(2)9-12(22)18(30)23-13(5-7-15(26)27)19(31)25-17(11(3)4)20(32)24-14(21(33)34)6-8-16(28)29/h10-14,17H,5-9,22H2,1-4H3,(H,23,30)(H,24,32)(H,25,31)(H,26,27)(H,28,29)(H,33,34)/t12-,13-,14-,17-/m0/s1. The maximum absolute atomic E-state index is 12.9. The van der Waals surface area contributed by atoms with E-state index in [2.05, 4.69) is 16.0 Å². The molecule has 4 atom stereocenters. The predicted molar refractivity (Wildman–Crippen MR) is 119 cm³/mol. The number of carboxylic acid groups (broad SMARTS) is 3. The number of nitrogens with one attached hydrogen (secondary N) is 3. The van der Waals surface area contributed by atoms with Gasteiger partial charge in [-0.2, -0.15) is 0 Å². The first-order valence-corrected chi connectivity index (χ1v) is 11.0. The molecule has 34 heavy (non-hydrogen) atoms. The van der Waals surface area contributed by atoms with E-state index in [1.54, 1.807) is 13.8 Å². The van der Waals surface area contributed by atoms with Crippen LogP contribution in [0.5, 0.6) is 0 Å². The molecule has 0 aliphatic heterocycles. The Balaban J connectivity index is 5.48. The van der Waals surface area contributed by atoms with Crippen molar-refractivity contribution in [3.8, 4) is 0 Å². The van der Waals surface area contributed by atoms with Gasteiger partial charge in [-0.25, -0.2) is 4.79 Å². The lowest BCUT2D eigenvalue weighted by Gasteiger charge is -2.27. The third-order valence-corrected chi connectivity index (χ3v) is 4.85. The maximum Gasteiger partial charge on any atom is 0.326 e. The molecule has 0 spiro atoms. The molecule has 0 aromatic carbocycles. The number of hydrogen-bond acceptors (Lipinski definition) is 7. The van der Waals surface area contributed by atoms with Crippen LogP contribution in [0.4, 0.5) is 0 Å². The largest absolute Gasteiger partial charge is 0.481 e. The molecule has 0 bridgehead atoms. The minimum atomic E-state index is -1.49. The van der Waals surface area contributed by atoms with Crippen LogP contribution in [0.2, 0.25) is 0 Å². The second kappa shape index (κ2) is 14.8. The van der Waals surface area contributed by atoms with Crippen molar-refractivity contribution < 1.29 is 44.1 Å². The molecule has 13 heteroatoms. The molecule has 0 saturated heterocycles. The highest BCUT2D eigenvalue weighted by Gasteiger charge is 2.32. The first-order chi connectivity index (χ1) is 15.6. The summed E-state index contributed by atoms with van der Waals surface area (Å²) in [6.45, 7) is 6.88. The van der Waals surface area contributed by atoms with Crippen molar-refractivity contribution in [1.29, 1.82) is 0 Å². The van der Waals surface area contributed by atoms with E-state index in [0.717, 1.165) is 0 Å². The molecule has 0 fully saturated rings. The van der Waals surface area contributed by atoms with Gasteiger partial charge in [-0.1, -0.05) is 27.7 Å². The number of carbonyl (C=O) groups excluding carboxylic acids is 3. The molecule has 0 aromatic heterocycles. The molecule has 0 heterocycles. The number of hydrogen-bond donors (Lipinski definition) is 7. The fourth-order valence-electron chi connectivity index (χ4n) is 3.01. The number of carbonyl (C=O) groups is 6. The summed E-state index contributed by atoms with van der Waals surface area (Å²) in [5, 5.41) is 34.0. The molecule has 0 rings (SSSR count). The summed E-state index contributed by atoms with van der Waals surface area (Å²) in [5.74, 6) is -6.63. The lowest BCUT2D eigenvalue weighted by atomic mass is 10.0. The number of aliphatic carboxylic acids is 3. The van der Waals surface area contributed by atoms with Gasteiger partial charge in [0.1, 0.15) is 18.1 Å². The number of carboxylic acids is 3. The van der Waals surface area contributed by atoms with Crippen LogP contribution in [0.25, 0.3) is 0 Å². The molecular formula is C21H36N4O9. The molecule has 3 amide bonds. The minimum Gasteiger partial charge on any atom is -0.481 e. The van der Waals surface area contributed by atoms with Gasteiger partial charge in [0.2, 0.25) is 17.7 Å². The highest BCUT2D eigenvalue weighted by molar-refractivity contribution is 5.94. The van der Waals surface area contributed by atoms with E-state index < -0.39 is 78.6 Å². The second-order valence-corrected chi connectivity index (χ2v) is 8.79. The highest BCUT2D eigenvalue weighted by Crippen LogP contribution is 2.08. The van der Waals surface area contributed by atoms with E-state index in [0.29, 0.717) is 6.42 Å². The van der Waals surface area contributed by atoms with Gasteiger partial charge in [-0.05, 0) is 31.1 Å². The summed E-state index contributed by atoms with van der Waals surface area (Å²) in [4.78, 5) is 71.0. The topological polar surface area (TPSA) is 225 Å². The van der Waals surface area contributed by atoms with E-state index in [1.165, 1.54) is 0 Å². The molecular weight excluding hydrogens is 452 g/mol.